The minimum absolute atomic E-state index is 0.976. The SMILES string of the molecule is C=C1C=c2ccccc2=CN1CC. The molecule has 66 valence electrons. The molecule has 0 amide bonds. The van der Waals surface area contributed by atoms with Crippen LogP contribution >= 0.6 is 0 Å². The monoisotopic (exact) mass is 171 g/mol. The third kappa shape index (κ3) is 1.37. The zero-order chi connectivity index (χ0) is 9.26. The molecule has 1 aromatic carbocycles. The van der Waals surface area contributed by atoms with E-state index in [4.69, 9.17) is 0 Å². The molecule has 0 saturated carbocycles. The highest BCUT2D eigenvalue weighted by Crippen LogP contribution is 2.04. The van der Waals surface area contributed by atoms with Gasteiger partial charge in [-0.15, -0.1) is 0 Å². The highest BCUT2D eigenvalue weighted by molar-refractivity contribution is 5.52. The second-order valence-electron chi connectivity index (χ2n) is 3.18. The third-order valence-electron chi connectivity index (χ3n) is 2.32. The van der Waals surface area contributed by atoms with Crippen molar-refractivity contribution in [2.45, 2.75) is 6.92 Å². The van der Waals surface area contributed by atoms with Crippen molar-refractivity contribution in [2.75, 3.05) is 6.54 Å². The van der Waals surface area contributed by atoms with E-state index in [1.54, 1.807) is 0 Å². The number of hydrogen-bond donors (Lipinski definition) is 0. The first-order valence-corrected chi connectivity index (χ1v) is 4.55. The van der Waals surface area contributed by atoms with Crippen LogP contribution in [-0.2, 0) is 0 Å². The Kier molecular flexibility index (Phi) is 1.93. The lowest BCUT2D eigenvalue weighted by Crippen LogP contribution is -2.33. The molecule has 1 aliphatic rings. The zero-order valence-corrected chi connectivity index (χ0v) is 7.83. The Morgan fingerprint density at radius 2 is 1.92 bits per heavy atom. The smallest absolute Gasteiger partial charge is 0.0339 e. The average Bonchev–Trinajstić information content (AvgIpc) is 2.17. The summed E-state index contributed by atoms with van der Waals surface area (Å²) in [5.41, 5.74) is 1.07. The summed E-state index contributed by atoms with van der Waals surface area (Å²) in [4.78, 5) is 2.16. The zero-order valence-electron chi connectivity index (χ0n) is 7.83. The molecule has 1 heterocycles. The van der Waals surface area contributed by atoms with E-state index in [1.165, 1.54) is 10.4 Å². The van der Waals surface area contributed by atoms with Crippen LogP contribution in [0.4, 0.5) is 0 Å². The maximum Gasteiger partial charge on any atom is 0.0339 e. The van der Waals surface area contributed by atoms with Crippen LogP contribution in [0.25, 0.3) is 12.3 Å². The van der Waals surface area contributed by atoms with Crippen molar-refractivity contribution in [3.8, 4) is 0 Å². The van der Waals surface area contributed by atoms with Gasteiger partial charge in [0.05, 0.1) is 0 Å². The van der Waals surface area contributed by atoms with Crippen LogP contribution in [-0.4, -0.2) is 11.4 Å². The molecule has 13 heavy (non-hydrogen) atoms. The summed E-state index contributed by atoms with van der Waals surface area (Å²) in [6.07, 6.45) is 4.27. The first kappa shape index (κ1) is 8.11. The van der Waals surface area contributed by atoms with E-state index in [9.17, 15) is 0 Å². The fourth-order valence-electron chi connectivity index (χ4n) is 1.57. The summed E-state index contributed by atoms with van der Waals surface area (Å²) in [6.45, 7) is 7.11. The van der Waals surface area contributed by atoms with Crippen LogP contribution in [0, 0.1) is 0 Å². The number of fused-ring (bicyclic) bond motifs is 1. The van der Waals surface area contributed by atoms with Gasteiger partial charge in [-0.3, -0.25) is 0 Å². The maximum atomic E-state index is 4.00. The second-order valence-corrected chi connectivity index (χ2v) is 3.18. The number of rotatable bonds is 1. The van der Waals surface area contributed by atoms with E-state index in [1.807, 2.05) is 0 Å². The molecule has 1 aliphatic heterocycles. The standard InChI is InChI=1S/C12H13N/c1-3-13-9-12-7-5-4-6-11(12)8-10(13)2/h4-9H,2-3H2,1H3. The van der Waals surface area contributed by atoms with Crippen molar-refractivity contribution in [2.24, 2.45) is 0 Å². The Hall–Kier alpha value is -1.50. The molecule has 1 nitrogen and oxygen atoms in total. The molecule has 2 rings (SSSR count). The molecular weight excluding hydrogens is 158 g/mol. The summed E-state index contributed by atoms with van der Waals surface area (Å²) in [7, 11) is 0. The Morgan fingerprint density at radius 3 is 2.62 bits per heavy atom. The van der Waals surface area contributed by atoms with Crippen molar-refractivity contribution >= 4 is 12.3 Å². The molecule has 0 aliphatic carbocycles. The number of benzene rings is 1. The minimum atomic E-state index is 0.976. The predicted octanol–water partition coefficient (Wildman–Crippen LogP) is 1.05. The molecular formula is C12H13N. The van der Waals surface area contributed by atoms with Gasteiger partial charge in [-0.25, -0.2) is 0 Å². The minimum Gasteiger partial charge on any atom is -0.348 e. The van der Waals surface area contributed by atoms with Crippen LogP contribution in [0.2, 0.25) is 0 Å². The lowest BCUT2D eigenvalue weighted by Gasteiger charge is -2.21. The molecule has 1 aromatic rings. The molecule has 0 saturated heterocycles. The quantitative estimate of drug-likeness (QED) is 0.610. The Labute approximate surface area is 78.3 Å². The third-order valence-corrected chi connectivity index (χ3v) is 2.32. The summed E-state index contributed by atoms with van der Waals surface area (Å²) < 4.78 is 0. The number of hydrogen-bond acceptors (Lipinski definition) is 1. The lowest BCUT2D eigenvalue weighted by molar-refractivity contribution is 0.556. The molecule has 0 unspecified atom stereocenters. The van der Waals surface area contributed by atoms with Gasteiger partial charge in [0, 0.05) is 18.4 Å². The topological polar surface area (TPSA) is 3.24 Å². The van der Waals surface area contributed by atoms with Gasteiger partial charge < -0.3 is 4.90 Å². The van der Waals surface area contributed by atoms with Crippen LogP contribution in [0.1, 0.15) is 6.92 Å². The molecule has 0 fully saturated rings. The molecule has 0 atom stereocenters. The van der Waals surface area contributed by atoms with Crippen molar-refractivity contribution in [1.29, 1.82) is 0 Å². The van der Waals surface area contributed by atoms with Crippen LogP contribution < -0.4 is 10.4 Å². The number of nitrogens with zero attached hydrogens (tertiary/aromatic N) is 1. The Balaban J connectivity index is 2.66. The Bertz CT molecular complexity index is 442. The van der Waals surface area contributed by atoms with Gasteiger partial charge in [0.15, 0.2) is 0 Å². The van der Waals surface area contributed by atoms with Crippen molar-refractivity contribution in [3.05, 3.63) is 47.0 Å². The second kappa shape index (κ2) is 3.09. The molecule has 1 heteroatoms. The highest BCUT2D eigenvalue weighted by Gasteiger charge is 2.02. The first-order chi connectivity index (χ1) is 6.31. The van der Waals surface area contributed by atoms with Crippen LogP contribution in [0.5, 0.6) is 0 Å². The van der Waals surface area contributed by atoms with Crippen molar-refractivity contribution in [3.63, 3.8) is 0 Å². The molecule has 0 N–H and O–H groups in total. The molecule has 0 bridgehead atoms. The fourth-order valence-corrected chi connectivity index (χ4v) is 1.57. The van der Waals surface area contributed by atoms with Crippen molar-refractivity contribution in [1.82, 2.24) is 4.90 Å². The van der Waals surface area contributed by atoms with E-state index in [2.05, 4.69) is 54.9 Å². The van der Waals surface area contributed by atoms with E-state index < -0.39 is 0 Å². The van der Waals surface area contributed by atoms with Gasteiger partial charge in [-0.1, -0.05) is 30.8 Å². The summed E-state index contributed by atoms with van der Waals surface area (Å²) in [5.74, 6) is 0. The Morgan fingerprint density at radius 1 is 1.23 bits per heavy atom. The predicted molar refractivity (Wildman–Crippen MR) is 56.1 cm³/mol. The molecule has 0 spiro atoms. The van der Waals surface area contributed by atoms with Gasteiger partial charge in [-0.05, 0) is 23.4 Å². The van der Waals surface area contributed by atoms with Crippen LogP contribution in [0.3, 0.4) is 0 Å². The van der Waals surface area contributed by atoms with E-state index in [0.717, 1.165) is 12.2 Å². The van der Waals surface area contributed by atoms with Gasteiger partial charge in [0.25, 0.3) is 0 Å². The first-order valence-electron chi connectivity index (χ1n) is 4.55. The average molecular weight is 171 g/mol. The van der Waals surface area contributed by atoms with Gasteiger partial charge in [-0.2, -0.15) is 0 Å². The van der Waals surface area contributed by atoms with E-state index in [0.29, 0.717) is 0 Å². The summed E-state index contributed by atoms with van der Waals surface area (Å²) in [6, 6.07) is 8.36. The fraction of sp³-hybridized carbons (Fsp3) is 0.167. The van der Waals surface area contributed by atoms with Crippen LogP contribution in [0.15, 0.2) is 36.5 Å². The van der Waals surface area contributed by atoms with E-state index in [-0.39, 0.29) is 0 Å². The van der Waals surface area contributed by atoms with Crippen molar-refractivity contribution < 1.29 is 0 Å². The maximum absolute atomic E-state index is 4.00. The summed E-state index contributed by atoms with van der Waals surface area (Å²) in [5, 5.41) is 2.54. The normalized spacial score (nSPS) is 14.5. The number of allylic oxidation sites excluding steroid dienone is 1. The lowest BCUT2D eigenvalue weighted by atomic mass is 10.1. The van der Waals surface area contributed by atoms with Gasteiger partial charge in [0.2, 0.25) is 0 Å². The molecule has 0 radical (unpaired) electrons. The summed E-state index contributed by atoms with van der Waals surface area (Å²) >= 11 is 0. The largest absolute Gasteiger partial charge is 0.348 e. The molecule has 0 aromatic heterocycles. The van der Waals surface area contributed by atoms with E-state index >= 15 is 0 Å². The highest BCUT2D eigenvalue weighted by atomic mass is 15.1. The van der Waals surface area contributed by atoms with Gasteiger partial charge in [0.1, 0.15) is 0 Å². The van der Waals surface area contributed by atoms with Gasteiger partial charge >= 0.3 is 0 Å².